The molecule has 1 rings (SSSR count). The van der Waals surface area contributed by atoms with Crippen molar-refractivity contribution >= 4 is 11.8 Å². The summed E-state index contributed by atoms with van der Waals surface area (Å²) < 4.78 is 0. The van der Waals surface area contributed by atoms with Crippen molar-refractivity contribution in [1.82, 2.24) is 4.90 Å². The van der Waals surface area contributed by atoms with Gasteiger partial charge in [-0.15, -0.1) is 0 Å². The molecule has 4 nitrogen and oxygen atoms in total. The molecule has 1 aromatic rings. The Morgan fingerprint density at radius 1 is 1.40 bits per heavy atom. The number of hydrogen-bond donors (Lipinski definition) is 0. The minimum Gasteiger partial charge on any atom is -0.383 e. The van der Waals surface area contributed by atoms with Gasteiger partial charge in [0.1, 0.15) is 0 Å². The van der Waals surface area contributed by atoms with Gasteiger partial charge in [0.2, 0.25) is 0 Å². The van der Waals surface area contributed by atoms with Gasteiger partial charge in [0.15, 0.2) is 0 Å². The molecule has 1 aromatic carbocycles. The molecule has 0 radical (unpaired) electrons. The lowest BCUT2D eigenvalue weighted by Crippen LogP contribution is -2.00. The Bertz CT molecular complexity index is 398. The zero-order valence-electron chi connectivity index (χ0n) is 9.10. The average Bonchev–Trinajstić information content (AvgIpc) is 2.15. The van der Waals surface area contributed by atoms with Crippen molar-refractivity contribution in [2.75, 3.05) is 14.1 Å². The second-order valence-corrected chi connectivity index (χ2v) is 3.60. The van der Waals surface area contributed by atoms with Crippen molar-refractivity contribution in [3.8, 4) is 0 Å². The maximum atomic E-state index is 10.8. The largest absolute Gasteiger partial charge is 0.383 e. The second kappa shape index (κ2) is 4.59. The monoisotopic (exact) mass is 206 g/mol. The summed E-state index contributed by atoms with van der Waals surface area (Å²) in [6, 6.07) is 5.20. The number of nitro groups is 1. The van der Waals surface area contributed by atoms with Crippen molar-refractivity contribution in [1.29, 1.82) is 0 Å². The van der Waals surface area contributed by atoms with Crippen molar-refractivity contribution in [2.24, 2.45) is 0 Å². The molecule has 4 heteroatoms. The van der Waals surface area contributed by atoms with Crippen LogP contribution in [0.15, 0.2) is 24.4 Å². The maximum Gasteiger partial charge on any atom is 0.276 e. The van der Waals surface area contributed by atoms with Gasteiger partial charge in [-0.25, -0.2) is 0 Å². The molecule has 80 valence electrons. The molecule has 0 aliphatic rings. The van der Waals surface area contributed by atoms with Crippen LogP contribution in [0.4, 0.5) is 5.69 Å². The lowest BCUT2D eigenvalue weighted by molar-refractivity contribution is -0.385. The van der Waals surface area contributed by atoms with Gasteiger partial charge in [0, 0.05) is 20.2 Å². The lowest BCUT2D eigenvalue weighted by Gasteiger charge is -2.04. The topological polar surface area (TPSA) is 46.4 Å². The van der Waals surface area contributed by atoms with Crippen molar-refractivity contribution in [3.63, 3.8) is 0 Å². The minimum atomic E-state index is -0.359. The van der Waals surface area contributed by atoms with Crippen LogP contribution < -0.4 is 0 Å². The van der Waals surface area contributed by atoms with Gasteiger partial charge in [-0.05, 0) is 30.8 Å². The molecule has 0 saturated heterocycles. The van der Waals surface area contributed by atoms with E-state index in [9.17, 15) is 10.1 Å². The Morgan fingerprint density at radius 3 is 2.60 bits per heavy atom. The normalized spacial score (nSPS) is 10.6. The molecule has 0 spiro atoms. The summed E-state index contributed by atoms with van der Waals surface area (Å²) in [6.07, 6.45) is 3.52. The van der Waals surface area contributed by atoms with Crippen molar-refractivity contribution in [2.45, 2.75) is 6.92 Å². The number of rotatable bonds is 3. The number of hydrogen-bond acceptors (Lipinski definition) is 3. The van der Waals surface area contributed by atoms with Crippen LogP contribution in [0.3, 0.4) is 0 Å². The van der Waals surface area contributed by atoms with E-state index < -0.39 is 0 Å². The van der Waals surface area contributed by atoms with Gasteiger partial charge in [-0.3, -0.25) is 10.1 Å². The minimum absolute atomic E-state index is 0.146. The zero-order chi connectivity index (χ0) is 11.4. The summed E-state index contributed by atoms with van der Waals surface area (Å²) in [7, 11) is 3.74. The Kier molecular flexibility index (Phi) is 3.44. The summed E-state index contributed by atoms with van der Waals surface area (Å²) >= 11 is 0. The van der Waals surface area contributed by atoms with Gasteiger partial charge < -0.3 is 4.90 Å². The van der Waals surface area contributed by atoms with Gasteiger partial charge in [-0.2, -0.15) is 0 Å². The number of benzene rings is 1. The Morgan fingerprint density at radius 2 is 2.07 bits per heavy atom. The predicted molar refractivity (Wildman–Crippen MR) is 60.6 cm³/mol. The molecule has 0 unspecified atom stereocenters. The molecule has 0 aliphatic carbocycles. The summed E-state index contributed by atoms with van der Waals surface area (Å²) in [5.74, 6) is 0. The lowest BCUT2D eigenvalue weighted by atomic mass is 10.1. The molecule has 0 aliphatic heterocycles. The van der Waals surface area contributed by atoms with Gasteiger partial charge in [0.25, 0.3) is 5.69 Å². The van der Waals surface area contributed by atoms with Crippen LogP contribution >= 0.6 is 0 Å². The third-order valence-corrected chi connectivity index (χ3v) is 1.93. The first kappa shape index (κ1) is 11.2. The fraction of sp³-hybridized carbons (Fsp3) is 0.273. The smallest absolute Gasteiger partial charge is 0.276 e. The zero-order valence-corrected chi connectivity index (χ0v) is 9.10. The van der Waals surface area contributed by atoms with Crippen LogP contribution in [0.2, 0.25) is 0 Å². The van der Waals surface area contributed by atoms with Gasteiger partial charge in [-0.1, -0.05) is 6.07 Å². The van der Waals surface area contributed by atoms with E-state index in [1.54, 1.807) is 24.4 Å². The first-order valence-electron chi connectivity index (χ1n) is 4.60. The quantitative estimate of drug-likeness (QED) is 0.563. The summed E-state index contributed by atoms with van der Waals surface area (Å²) in [4.78, 5) is 12.3. The number of nitro benzene ring substituents is 1. The summed E-state index contributed by atoms with van der Waals surface area (Å²) in [5, 5.41) is 10.8. The third kappa shape index (κ3) is 3.09. The third-order valence-electron chi connectivity index (χ3n) is 1.93. The molecule has 0 heterocycles. The highest BCUT2D eigenvalue weighted by molar-refractivity contribution is 5.61. The highest BCUT2D eigenvalue weighted by Gasteiger charge is 2.10. The molecule has 0 atom stereocenters. The van der Waals surface area contributed by atoms with Gasteiger partial charge in [0.05, 0.1) is 10.5 Å². The van der Waals surface area contributed by atoms with Crippen LogP contribution in [-0.4, -0.2) is 23.9 Å². The Hall–Kier alpha value is -1.84. The average molecular weight is 206 g/mol. The van der Waals surface area contributed by atoms with Gasteiger partial charge >= 0.3 is 0 Å². The van der Waals surface area contributed by atoms with Crippen LogP contribution in [0.5, 0.6) is 0 Å². The SMILES string of the molecule is Cc1ccc(/C=C/N(C)C)c([N+](=O)[O-])c1. The summed E-state index contributed by atoms with van der Waals surface area (Å²) in [5.41, 5.74) is 1.66. The second-order valence-electron chi connectivity index (χ2n) is 3.60. The molecule has 0 aromatic heterocycles. The van der Waals surface area contributed by atoms with Crippen LogP contribution in [0.1, 0.15) is 11.1 Å². The Labute approximate surface area is 89.0 Å². The van der Waals surface area contributed by atoms with E-state index in [2.05, 4.69) is 0 Å². The van der Waals surface area contributed by atoms with E-state index in [-0.39, 0.29) is 10.6 Å². The van der Waals surface area contributed by atoms with E-state index in [4.69, 9.17) is 0 Å². The van der Waals surface area contributed by atoms with E-state index in [0.29, 0.717) is 5.56 Å². The molecular weight excluding hydrogens is 192 g/mol. The fourth-order valence-corrected chi connectivity index (χ4v) is 1.18. The highest BCUT2D eigenvalue weighted by Crippen LogP contribution is 2.21. The first-order chi connectivity index (χ1) is 7.00. The molecule has 0 fully saturated rings. The molecule has 0 N–H and O–H groups in total. The summed E-state index contributed by atoms with van der Waals surface area (Å²) in [6.45, 7) is 1.84. The van der Waals surface area contributed by atoms with E-state index in [0.717, 1.165) is 5.56 Å². The van der Waals surface area contributed by atoms with E-state index >= 15 is 0 Å². The molecule has 15 heavy (non-hydrogen) atoms. The number of nitrogens with zero attached hydrogens (tertiary/aromatic N) is 2. The van der Waals surface area contributed by atoms with Crippen LogP contribution in [0.25, 0.3) is 6.08 Å². The molecule has 0 bridgehead atoms. The fourth-order valence-electron chi connectivity index (χ4n) is 1.18. The molecule has 0 amide bonds. The first-order valence-corrected chi connectivity index (χ1v) is 4.60. The highest BCUT2D eigenvalue weighted by atomic mass is 16.6. The van der Waals surface area contributed by atoms with Crippen LogP contribution in [-0.2, 0) is 0 Å². The standard InChI is InChI=1S/C11H14N2O2/c1-9-4-5-10(6-7-12(2)3)11(8-9)13(14)15/h4-8H,1-3H3/b7-6+. The Balaban J connectivity index is 3.12. The molecule has 0 saturated carbocycles. The number of aryl methyl sites for hydroxylation is 1. The van der Waals surface area contributed by atoms with Crippen molar-refractivity contribution in [3.05, 3.63) is 45.6 Å². The van der Waals surface area contributed by atoms with E-state index in [1.807, 2.05) is 32.0 Å². The van der Waals surface area contributed by atoms with Crippen LogP contribution in [0, 0.1) is 17.0 Å². The molecular formula is C11H14N2O2. The maximum absolute atomic E-state index is 10.8. The van der Waals surface area contributed by atoms with E-state index in [1.165, 1.54) is 0 Å². The predicted octanol–water partition coefficient (Wildman–Crippen LogP) is 2.44. The van der Waals surface area contributed by atoms with Crippen molar-refractivity contribution < 1.29 is 4.92 Å².